The molecule has 1 rings (SSSR count). The first-order valence-corrected chi connectivity index (χ1v) is 5.11. The second-order valence-corrected chi connectivity index (χ2v) is 4.11. The van der Waals surface area contributed by atoms with Gasteiger partial charge in [-0.25, -0.2) is 0 Å². The van der Waals surface area contributed by atoms with Gasteiger partial charge in [0, 0.05) is 6.92 Å². The van der Waals surface area contributed by atoms with Crippen LogP contribution >= 0.6 is 0 Å². The number of ether oxygens (including phenoxy) is 1. The molecular formula is C10H18N2O2. The molecule has 3 unspecified atom stereocenters. The third-order valence-corrected chi connectivity index (χ3v) is 3.27. The highest BCUT2D eigenvalue weighted by Gasteiger charge is 2.49. The molecule has 4 nitrogen and oxygen atoms in total. The summed E-state index contributed by atoms with van der Waals surface area (Å²) >= 11 is 0. The molecule has 0 N–H and O–H groups in total. The van der Waals surface area contributed by atoms with Crippen molar-refractivity contribution in [3.8, 4) is 6.07 Å². The van der Waals surface area contributed by atoms with Gasteiger partial charge in [-0.2, -0.15) is 5.26 Å². The number of hydrogen-bond donors (Lipinski definition) is 0. The van der Waals surface area contributed by atoms with Crippen LogP contribution in [0, 0.1) is 16.5 Å². The van der Waals surface area contributed by atoms with E-state index in [0.29, 0.717) is 19.7 Å². The summed E-state index contributed by atoms with van der Waals surface area (Å²) in [6.07, 6.45) is 0.512. The van der Waals surface area contributed by atoms with Gasteiger partial charge in [0.05, 0.1) is 13.2 Å². The number of rotatable bonds is 2. The SMILES string of the molecule is CCC[N+]1([O-])CCOC(C)C1(C)C#N. The average molecular weight is 198 g/mol. The highest BCUT2D eigenvalue weighted by molar-refractivity contribution is 5.05. The lowest BCUT2D eigenvalue weighted by molar-refractivity contribution is -0.933. The molecule has 1 fully saturated rings. The minimum absolute atomic E-state index is 0.287. The summed E-state index contributed by atoms with van der Waals surface area (Å²) in [7, 11) is 0. The van der Waals surface area contributed by atoms with Crippen LogP contribution in [0.4, 0.5) is 0 Å². The van der Waals surface area contributed by atoms with E-state index in [-0.39, 0.29) is 6.10 Å². The molecule has 14 heavy (non-hydrogen) atoms. The van der Waals surface area contributed by atoms with Gasteiger partial charge in [0.25, 0.3) is 0 Å². The lowest BCUT2D eigenvalue weighted by atomic mass is 9.92. The molecule has 4 heteroatoms. The van der Waals surface area contributed by atoms with Crippen LogP contribution in [-0.2, 0) is 4.74 Å². The smallest absolute Gasteiger partial charge is 0.209 e. The van der Waals surface area contributed by atoms with Gasteiger partial charge in [-0.1, -0.05) is 6.92 Å². The largest absolute Gasteiger partial charge is 0.632 e. The molecule has 0 aromatic heterocycles. The van der Waals surface area contributed by atoms with Gasteiger partial charge >= 0.3 is 0 Å². The zero-order valence-electron chi connectivity index (χ0n) is 9.12. The molecule has 1 saturated heterocycles. The highest BCUT2D eigenvalue weighted by Crippen LogP contribution is 2.32. The van der Waals surface area contributed by atoms with Crippen molar-refractivity contribution in [3.05, 3.63) is 5.21 Å². The molecule has 0 aromatic carbocycles. The van der Waals surface area contributed by atoms with Crippen molar-refractivity contribution in [3.63, 3.8) is 0 Å². The number of morpholine rings is 1. The van der Waals surface area contributed by atoms with Gasteiger partial charge < -0.3 is 14.6 Å². The maximum atomic E-state index is 12.5. The van der Waals surface area contributed by atoms with E-state index in [1.54, 1.807) is 6.92 Å². The summed E-state index contributed by atoms with van der Waals surface area (Å²) in [6, 6.07) is 2.14. The Morgan fingerprint density at radius 3 is 2.86 bits per heavy atom. The Hall–Kier alpha value is -0.630. The maximum absolute atomic E-state index is 12.5. The van der Waals surface area contributed by atoms with E-state index in [2.05, 4.69) is 6.07 Å². The zero-order chi connectivity index (χ0) is 10.8. The number of hydrogen-bond acceptors (Lipinski definition) is 3. The Morgan fingerprint density at radius 1 is 1.71 bits per heavy atom. The van der Waals surface area contributed by atoms with Crippen LogP contribution < -0.4 is 0 Å². The van der Waals surface area contributed by atoms with E-state index in [0.717, 1.165) is 6.42 Å². The number of quaternary nitrogens is 1. The first-order valence-electron chi connectivity index (χ1n) is 5.11. The van der Waals surface area contributed by atoms with E-state index < -0.39 is 10.2 Å². The molecule has 0 radical (unpaired) electrons. The predicted molar refractivity (Wildman–Crippen MR) is 53.1 cm³/mol. The van der Waals surface area contributed by atoms with Crippen molar-refractivity contribution in [1.29, 1.82) is 5.26 Å². The molecule has 0 saturated carbocycles. The van der Waals surface area contributed by atoms with E-state index in [9.17, 15) is 5.21 Å². The quantitative estimate of drug-likeness (QED) is 0.498. The molecule has 1 aliphatic rings. The van der Waals surface area contributed by atoms with Crippen LogP contribution in [0.2, 0.25) is 0 Å². The number of nitriles is 1. The second-order valence-electron chi connectivity index (χ2n) is 4.11. The minimum atomic E-state index is -0.950. The standard InChI is InChI=1S/C10H18N2O2/c1-4-5-12(13)6-7-14-9(2)10(12,3)8-11/h9H,4-7H2,1-3H3. The predicted octanol–water partition coefficient (Wildman–Crippen LogP) is 1.41. The minimum Gasteiger partial charge on any atom is -0.632 e. The van der Waals surface area contributed by atoms with Gasteiger partial charge in [-0.15, -0.1) is 0 Å². The molecule has 3 atom stereocenters. The summed E-state index contributed by atoms with van der Waals surface area (Å²) in [5, 5.41) is 21.6. The number of hydroxylamine groups is 3. The molecule has 0 spiro atoms. The van der Waals surface area contributed by atoms with Gasteiger partial charge in [-0.3, -0.25) is 0 Å². The van der Waals surface area contributed by atoms with Crippen LogP contribution in [0.25, 0.3) is 0 Å². The molecule has 0 aromatic rings. The average Bonchev–Trinajstić information content (AvgIpc) is 2.14. The van der Waals surface area contributed by atoms with Crippen molar-refractivity contribution in [1.82, 2.24) is 0 Å². The van der Waals surface area contributed by atoms with Crippen molar-refractivity contribution in [2.24, 2.45) is 0 Å². The molecule has 0 aliphatic carbocycles. The summed E-state index contributed by atoms with van der Waals surface area (Å²) in [5.41, 5.74) is -0.950. The Balaban J connectivity index is 2.97. The van der Waals surface area contributed by atoms with Gasteiger partial charge in [0.1, 0.15) is 18.7 Å². The maximum Gasteiger partial charge on any atom is 0.209 e. The molecule has 1 aliphatic heterocycles. The fourth-order valence-corrected chi connectivity index (χ4v) is 1.99. The lowest BCUT2D eigenvalue weighted by Gasteiger charge is -2.56. The monoisotopic (exact) mass is 198 g/mol. The van der Waals surface area contributed by atoms with Gasteiger partial charge in [0.15, 0.2) is 0 Å². The Bertz CT molecular complexity index is 247. The first-order chi connectivity index (χ1) is 6.50. The van der Waals surface area contributed by atoms with Crippen molar-refractivity contribution < 1.29 is 9.38 Å². The van der Waals surface area contributed by atoms with Gasteiger partial charge in [-0.05, 0) is 13.3 Å². The van der Waals surface area contributed by atoms with Crippen LogP contribution in [0.1, 0.15) is 27.2 Å². The fourth-order valence-electron chi connectivity index (χ4n) is 1.99. The third-order valence-electron chi connectivity index (χ3n) is 3.27. The number of nitrogens with zero attached hydrogens (tertiary/aromatic N) is 2. The lowest BCUT2D eigenvalue weighted by Crippen LogP contribution is -2.68. The third kappa shape index (κ3) is 1.52. The van der Waals surface area contributed by atoms with Crippen molar-refractivity contribution in [2.45, 2.75) is 38.8 Å². The second kappa shape index (κ2) is 3.85. The van der Waals surface area contributed by atoms with Crippen molar-refractivity contribution >= 4 is 0 Å². The van der Waals surface area contributed by atoms with E-state index in [1.165, 1.54) is 0 Å². The Morgan fingerprint density at radius 2 is 2.36 bits per heavy atom. The van der Waals surface area contributed by atoms with Crippen molar-refractivity contribution in [2.75, 3.05) is 19.7 Å². The zero-order valence-corrected chi connectivity index (χ0v) is 9.12. The summed E-state index contributed by atoms with van der Waals surface area (Å²) in [4.78, 5) is 0. The van der Waals surface area contributed by atoms with E-state index in [4.69, 9.17) is 10.00 Å². The topological polar surface area (TPSA) is 56.1 Å². The van der Waals surface area contributed by atoms with Crippen LogP contribution in [0.5, 0.6) is 0 Å². The molecule has 0 amide bonds. The first kappa shape index (κ1) is 11.4. The molecule has 1 heterocycles. The summed E-state index contributed by atoms with van der Waals surface area (Å²) in [5.74, 6) is 0. The van der Waals surface area contributed by atoms with Gasteiger partial charge in [0.2, 0.25) is 5.54 Å². The summed E-state index contributed by atoms with van der Waals surface area (Å²) in [6.45, 7) is 6.83. The fraction of sp³-hybridized carbons (Fsp3) is 0.900. The Kier molecular flexibility index (Phi) is 3.15. The summed E-state index contributed by atoms with van der Waals surface area (Å²) < 4.78 is 4.96. The molecular weight excluding hydrogens is 180 g/mol. The van der Waals surface area contributed by atoms with Crippen LogP contribution in [0.15, 0.2) is 0 Å². The van der Waals surface area contributed by atoms with E-state index in [1.807, 2.05) is 13.8 Å². The molecule has 0 bridgehead atoms. The normalized spacial score (nSPS) is 43.2. The van der Waals surface area contributed by atoms with Crippen LogP contribution in [-0.4, -0.2) is 36.0 Å². The van der Waals surface area contributed by atoms with E-state index >= 15 is 0 Å². The Labute approximate surface area is 85.2 Å². The van der Waals surface area contributed by atoms with Crippen LogP contribution in [0.3, 0.4) is 0 Å². The highest BCUT2D eigenvalue weighted by atomic mass is 16.6. The molecule has 80 valence electrons.